The number of hydrogen-bond donors (Lipinski definition) is 1. The van der Waals surface area contributed by atoms with Gasteiger partial charge < -0.3 is 10.2 Å². The Morgan fingerprint density at radius 2 is 2.00 bits per heavy atom. The predicted molar refractivity (Wildman–Crippen MR) is 115 cm³/mol. The number of carbonyl (C=O) groups excluding carboxylic acids is 1. The SMILES string of the molecule is CCn1nc(C(=O)N2CCSCC2)c2c1CC[C@@H](NCc1ccc(C)cc1)C2. The molecule has 1 amide bonds. The summed E-state index contributed by atoms with van der Waals surface area (Å²) >= 11 is 1.93. The third kappa shape index (κ3) is 4.13. The van der Waals surface area contributed by atoms with Crippen molar-refractivity contribution in [2.24, 2.45) is 0 Å². The normalized spacial score (nSPS) is 19.5. The van der Waals surface area contributed by atoms with Gasteiger partial charge in [-0.1, -0.05) is 29.8 Å². The van der Waals surface area contributed by atoms with E-state index in [0.717, 1.165) is 56.9 Å². The van der Waals surface area contributed by atoms with E-state index in [4.69, 9.17) is 5.10 Å². The van der Waals surface area contributed by atoms with Crippen LogP contribution < -0.4 is 5.32 Å². The molecule has 0 radical (unpaired) electrons. The molecule has 0 bridgehead atoms. The highest BCUT2D eigenvalue weighted by Crippen LogP contribution is 2.27. The lowest BCUT2D eigenvalue weighted by Crippen LogP contribution is -2.39. The molecule has 0 spiro atoms. The molecule has 0 unspecified atom stereocenters. The zero-order chi connectivity index (χ0) is 19.5. The molecule has 4 rings (SSSR count). The molecule has 28 heavy (non-hydrogen) atoms. The smallest absolute Gasteiger partial charge is 0.274 e. The maximum Gasteiger partial charge on any atom is 0.274 e. The van der Waals surface area contributed by atoms with E-state index in [1.807, 2.05) is 16.7 Å². The number of aromatic nitrogens is 2. The first kappa shape index (κ1) is 19.5. The second-order valence-electron chi connectivity index (χ2n) is 7.80. The molecule has 1 aliphatic heterocycles. The molecule has 1 aromatic heterocycles. The Morgan fingerprint density at radius 1 is 1.25 bits per heavy atom. The van der Waals surface area contributed by atoms with Gasteiger partial charge in [0.1, 0.15) is 0 Å². The molecule has 2 heterocycles. The number of fused-ring (bicyclic) bond motifs is 1. The highest BCUT2D eigenvalue weighted by atomic mass is 32.2. The number of benzene rings is 1. The minimum absolute atomic E-state index is 0.128. The number of hydrogen-bond acceptors (Lipinski definition) is 4. The van der Waals surface area contributed by atoms with E-state index in [2.05, 4.69) is 48.1 Å². The van der Waals surface area contributed by atoms with Crippen molar-refractivity contribution in [3.63, 3.8) is 0 Å². The molecule has 0 saturated carbocycles. The molecule has 2 aromatic rings. The molecule has 2 aliphatic rings. The van der Waals surface area contributed by atoms with Crippen LogP contribution in [-0.4, -0.2) is 51.2 Å². The second-order valence-corrected chi connectivity index (χ2v) is 9.03. The molecule has 1 aliphatic carbocycles. The van der Waals surface area contributed by atoms with Gasteiger partial charge in [0.15, 0.2) is 5.69 Å². The Bertz CT molecular complexity index is 824. The van der Waals surface area contributed by atoms with Crippen LogP contribution >= 0.6 is 11.8 Å². The van der Waals surface area contributed by atoms with Crippen LogP contribution in [0.4, 0.5) is 0 Å². The Kier molecular flexibility index (Phi) is 6.07. The predicted octanol–water partition coefficient (Wildman–Crippen LogP) is 3.05. The summed E-state index contributed by atoms with van der Waals surface area (Å²) in [5.41, 5.74) is 5.74. The van der Waals surface area contributed by atoms with Gasteiger partial charge in [-0.05, 0) is 38.7 Å². The van der Waals surface area contributed by atoms with Crippen LogP contribution in [0.15, 0.2) is 24.3 Å². The van der Waals surface area contributed by atoms with Gasteiger partial charge in [0.25, 0.3) is 5.91 Å². The van der Waals surface area contributed by atoms with Crippen molar-refractivity contribution in [1.29, 1.82) is 0 Å². The van der Waals surface area contributed by atoms with Gasteiger partial charge in [-0.2, -0.15) is 16.9 Å². The van der Waals surface area contributed by atoms with E-state index in [9.17, 15) is 4.79 Å². The van der Waals surface area contributed by atoms with Crippen molar-refractivity contribution in [3.8, 4) is 0 Å². The second kappa shape index (κ2) is 8.70. The first-order valence-electron chi connectivity index (χ1n) is 10.4. The van der Waals surface area contributed by atoms with Crippen molar-refractivity contribution in [2.75, 3.05) is 24.6 Å². The summed E-state index contributed by atoms with van der Waals surface area (Å²) in [4.78, 5) is 15.1. The largest absolute Gasteiger partial charge is 0.336 e. The van der Waals surface area contributed by atoms with E-state index in [-0.39, 0.29) is 5.91 Å². The van der Waals surface area contributed by atoms with E-state index in [0.29, 0.717) is 11.7 Å². The monoisotopic (exact) mass is 398 g/mol. The van der Waals surface area contributed by atoms with Crippen LogP contribution in [-0.2, 0) is 25.9 Å². The zero-order valence-electron chi connectivity index (χ0n) is 16.9. The van der Waals surface area contributed by atoms with Crippen molar-refractivity contribution in [1.82, 2.24) is 20.0 Å². The summed E-state index contributed by atoms with van der Waals surface area (Å²) in [6.45, 7) is 7.60. The van der Waals surface area contributed by atoms with E-state index in [1.165, 1.54) is 22.4 Å². The van der Waals surface area contributed by atoms with Crippen LogP contribution in [0.3, 0.4) is 0 Å². The van der Waals surface area contributed by atoms with Gasteiger partial charge in [0.05, 0.1) is 0 Å². The van der Waals surface area contributed by atoms with Crippen molar-refractivity contribution >= 4 is 17.7 Å². The lowest BCUT2D eigenvalue weighted by atomic mass is 9.91. The molecule has 1 fully saturated rings. The fourth-order valence-corrected chi connectivity index (χ4v) is 5.08. The van der Waals surface area contributed by atoms with Crippen molar-refractivity contribution in [3.05, 3.63) is 52.3 Å². The summed E-state index contributed by atoms with van der Waals surface area (Å²) in [5, 5.41) is 8.44. The lowest BCUT2D eigenvalue weighted by Gasteiger charge is -2.27. The zero-order valence-corrected chi connectivity index (χ0v) is 17.7. The van der Waals surface area contributed by atoms with Gasteiger partial charge >= 0.3 is 0 Å². The minimum Gasteiger partial charge on any atom is -0.336 e. The van der Waals surface area contributed by atoms with Crippen LogP contribution in [0.2, 0.25) is 0 Å². The molecular weight excluding hydrogens is 368 g/mol. The Morgan fingerprint density at radius 3 is 2.71 bits per heavy atom. The van der Waals surface area contributed by atoms with E-state index in [1.54, 1.807) is 0 Å². The van der Waals surface area contributed by atoms with Crippen LogP contribution in [0.25, 0.3) is 0 Å². The maximum atomic E-state index is 13.1. The van der Waals surface area contributed by atoms with E-state index >= 15 is 0 Å². The van der Waals surface area contributed by atoms with Gasteiger partial charge in [-0.3, -0.25) is 9.48 Å². The standard InChI is InChI=1S/C22H30N4OS/c1-3-26-20-9-8-18(23-15-17-6-4-16(2)5-7-17)14-19(20)21(24-26)22(27)25-10-12-28-13-11-25/h4-7,18,23H,3,8-15H2,1-2H3/t18-/m1/s1. The van der Waals surface area contributed by atoms with Gasteiger partial charge in [0, 0.05) is 55.0 Å². The number of aryl methyl sites for hydroxylation is 2. The molecular formula is C22H30N4OS. The number of nitrogens with one attached hydrogen (secondary N) is 1. The fraction of sp³-hybridized carbons (Fsp3) is 0.545. The van der Waals surface area contributed by atoms with Crippen LogP contribution in [0.5, 0.6) is 0 Å². The molecule has 1 aromatic carbocycles. The summed E-state index contributed by atoms with van der Waals surface area (Å²) < 4.78 is 2.05. The summed E-state index contributed by atoms with van der Waals surface area (Å²) in [6, 6.07) is 9.10. The molecule has 1 atom stereocenters. The number of thioether (sulfide) groups is 1. The molecule has 1 saturated heterocycles. The van der Waals surface area contributed by atoms with Crippen LogP contribution in [0, 0.1) is 6.92 Å². The number of rotatable bonds is 5. The third-order valence-corrected chi connectivity index (χ3v) is 6.80. The summed E-state index contributed by atoms with van der Waals surface area (Å²) in [6.07, 6.45) is 2.98. The quantitative estimate of drug-likeness (QED) is 0.841. The van der Waals surface area contributed by atoms with Gasteiger partial charge in [-0.15, -0.1) is 0 Å². The minimum atomic E-state index is 0.128. The van der Waals surface area contributed by atoms with Gasteiger partial charge in [0.2, 0.25) is 0 Å². The Hall–Kier alpha value is -1.79. The molecule has 150 valence electrons. The average molecular weight is 399 g/mol. The first-order valence-corrected chi connectivity index (χ1v) is 11.6. The third-order valence-electron chi connectivity index (χ3n) is 5.86. The Labute approximate surface area is 171 Å². The Balaban J connectivity index is 1.49. The molecule has 1 N–H and O–H groups in total. The van der Waals surface area contributed by atoms with E-state index < -0.39 is 0 Å². The topological polar surface area (TPSA) is 50.2 Å². The average Bonchev–Trinajstić information content (AvgIpc) is 3.11. The number of nitrogens with zero attached hydrogens (tertiary/aromatic N) is 3. The highest BCUT2D eigenvalue weighted by Gasteiger charge is 2.31. The van der Waals surface area contributed by atoms with Gasteiger partial charge in [-0.25, -0.2) is 0 Å². The first-order chi connectivity index (χ1) is 13.7. The maximum absolute atomic E-state index is 13.1. The summed E-state index contributed by atoms with van der Waals surface area (Å²) in [7, 11) is 0. The molecule has 6 heteroatoms. The van der Waals surface area contributed by atoms with Crippen LogP contribution in [0.1, 0.15) is 46.2 Å². The highest BCUT2D eigenvalue weighted by molar-refractivity contribution is 7.99. The lowest BCUT2D eigenvalue weighted by molar-refractivity contribution is 0.0764. The molecule has 5 nitrogen and oxygen atoms in total. The summed E-state index contributed by atoms with van der Waals surface area (Å²) in [5.74, 6) is 2.19. The fourth-order valence-electron chi connectivity index (χ4n) is 4.18. The van der Waals surface area contributed by atoms with Crippen molar-refractivity contribution < 1.29 is 4.79 Å². The number of amides is 1. The number of carbonyl (C=O) groups is 1. The van der Waals surface area contributed by atoms with Crippen molar-refractivity contribution in [2.45, 2.75) is 52.2 Å².